The van der Waals surface area contributed by atoms with Crippen molar-refractivity contribution in [2.75, 3.05) is 20.8 Å². The molecular weight excluding hydrogens is 327 g/mol. The lowest BCUT2D eigenvalue weighted by atomic mass is 10.2. The van der Waals surface area contributed by atoms with Crippen LogP contribution in [-0.4, -0.2) is 40.4 Å². The third kappa shape index (κ3) is 2.65. The molecule has 0 fully saturated rings. The number of ether oxygens (including phenoxy) is 1. The highest BCUT2D eigenvalue weighted by Crippen LogP contribution is 2.22. The van der Waals surface area contributed by atoms with Crippen molar-refractivity contribution in [2.24, 2.45) is 0 Å². The molecule has 0 atom stereocenters. The van der Waals surface area contributed by atoms with Crippen LogP contribution < -0.4 is 34.0 Å². The fourth-order valence-electron chi connectivity index (χ4n) is 1.24. The maximum absolute atomic E-state index is 5.10. The van der Waals surface area contributed by atoms with Crippen molar-refractivity contribution in [3.8, 4) is 5.88 Å². The number of hydrogen-bond donors (Lipinski definition) is 1. The van der Waals surface area contributed by atoms with E-state index in [1.54, 1.807) is 7.11 Å². The molecule has 82 valence electrons. The van der Waals surface area contributed by atoms with Gasteiger partial charge in [0.1, 0.15) is 7.05 Å². The van der Waals surface area contributed by atoms with Crippen molar-refractivity contribution in [1.29, 1.82) is 0 Å². The molecule has 5 nitrogen and oxygen atoms in total. The largest absolute Gasteiger partial charge is 1.00 e. The molecule has 0 radical (unpaired) electrons. The lowest BCUT2D eigenvalue weighted by Crippen LogP contribution is -3.00. The zero-order chi connectivity index (χ0) is 9.97. The van der Waals surface area contributed by atoms with Crippen LogP contribution in [0, 0.1) is 0 Å². The lowest BCUT2D eigenvalue weighted by Gasteiger charge is -2.06. The Morgan fingerprint density at radius 2 is 2.33 bits per heavy atom. The van der Waals surface area contributed by atoms with Crippen molar-refractivity contribution in [1.82, 2.24) is 14.1 Å². The summed E-state index contributed by atoms with van der Waals surface area (Å²) in [5.74, 6) is 0.578. The summed E-state index contributed by atoms with van der Waals surface area (Å²) in [7, 11) is 3.59. The first kappa shape index (κ1) is 12.4. The van der Waals surface area contributed by atoms with Gasteiger partial charge in [0.05, 0.1) is 24.4 Å². The van der Waals surface area contributed by atoms with Crippen LogP contribution in [0.15, 0.2) is 6.20 Å². The minimum atomic E-state index is 0. The number of nitrogens with zero attached hydrogens (tertiary/aromatic N) is 3. The standard InChI is InChI=1S/C8H10N4OS.HI/c1-12-4-6(3-9-5-12)7-8(13-2)11-14-10-7;/h3-4H,5H2,1-2H3;1H. The minimum absolute atomic E-state index is 0. The van der Waals surface area contributed by atoms with Gasteiger partial charge in [-0.2, -0.15) is 4.37 Å². The Balaban J connectivity index is 0.00000112. The summed E-state index contributed by atoms with van der Waals surface area (Å²) < 4.78 is 15.4. The third-order valence-corrected chi connectivity index (χ3v) is 2.39. The normalized spacial score (nSPS) is 14.5. The number of aromatic nitrogens is 2. The van der Waals surface area contributed by atoms with Crippen molar-refractivity contribution < 1.29 is 33.3 Å². The Bertz CT molecular complexity index is 401. The van der Waals surface area contributed by atoms with Gasteiger partial charge in [0.25, 0.3) is 5.88 Å². The molecule has 1 aliphatic rings. The predicted molar refractivity (Wildman–Crippen MR) is 54.7 cm³/mol. The van der Waals surface area contributed by atoms with Gasteiger partial charge in [-0.25, -0.2) is 4.58 Å². The molecule has 1 aliphatic heterocycles. The van der Waals surface area contributed by atoms with E-state index in [1.165, 1.54) is 0 Å². The van der Waals surface area contributed by atoms with E-state index in [4.69, 9.17) is 4.74 Å². The summed E-state index contributed by atoms with van der Waals surface area (Å²) in [6.07, 6.45) is 3.93. The molecule has 2 heterocycles. The highest BCUT2D eigenvalue weighted by Gasteiger charge is 2.17. The average Bonchev–Trinajstić information content (AvgIpc) is 2.65. The predicted octanol–water partition coefficient (Wildman–Crippen LogP) is -2.83. The number of methoxy groups -OCH3 is 1. The van der Waals surface area contributed by atoms with Crippen molar-refractivity contribution >= 4 is 23.5 Å². The van der Waals surface area contributed by atoms with Crippen LogP contribution >= 0.6 is 11.7 Å². The first-order valence-electron chi connectivity index (χ1n) is 4.17. The van der Waals surface area contributed by atoms with Gasteiger partial charge in [-0.15, -0.1) is 4.37 Å². The molecule has 1 N–H and O–H groups in total. The van der Waals surface area contributed by atoms with Crippen LogP contribution in [0.25, 0.3) is 5.57 Å². The summed E-state index contributed by atoms with van der Waals surface area (Å²) >= 11 is 1.15. The number of hydrogen-bond acceptors (Lipinski definition) is 5. The van der Waals surface area contributed by atoms with E-state index in [0.29, 0.717) is 5.88 Å². The molecule has 0 saturated heterocycles. The Morgan fingerprint density at radius 3 is 3.00 bits per heavy atom. The topological polar surface area (TPSA) is 50.1 Å². The smallest absolute Gasteiger partial charge is 0.253 e. The molecule has 15 heavy (non-hydrogen) atoms. The van der Waals surface area contributed by atoms with Crippen LogP contribution in [0.1, 0.15) is 5.69 Å². The second-order valence-corrected chi connectivity index (χ2v) is 3.50. The lowest BCUT2D eigenvalue weighted by molar-refractivity contribution is -0.496. The average molecular weight is 338 g/mol. The molecule has 0 aliphatic carbocycles. The maximum Gasteiger partial charge on any atom is 0.253 e. The monoisotopic (exact) mass is 338 g/mol. The molecule has 0 amide bonds. The fourth-order valence-corrected chi connectivity index (χ4v) is 1.78. The summed E-state index contributed by atoms with van der Waals surface area (Å²) in [5.41, 5.74) is 1.78. The number of nitrogens with one attached hydrogen (secondary N) is 1. The molecule has 0 saturated carbocycles. The van der Waals surface area contributed by atoms with E-state index in [-0.39, 0.29) is 24.0 Å². The summed E-state index contributed by atoms with van der Waals surface area (Å²) in [6, 6.07) is 0. The maximum atomic E-state index is 5.10. The molecule has 0 spiro atoms. The van der Waals surface area contributed by atoms with Crippen LogP contribution in [0.2, 0.25) is 0 Å². The quantitative estimate of drug-likeness (QED) is 0.467. The Labute approximate surface area is 109 Å². The van der Waals surface area contributed by atoms with Gasteiger partial charge in [0.15, 0.2) is 11.9 Å². The zero-order valence-corrected chi connectivity index (χ0v) is 11.4. The van der Waals surface area contributed by atoms with Gasteiger partial charge in [-0.3, -0.25) is 0 Å². The SMILES string of the molecule is COc1nsnc1C1=CNC[N+](C)=C1.[I-]. The van der Waals surface area contributed by atoms with Crippen LogP contribution in [-0.2, 0) is 0 Å². The molecule has 1 aromatic rings. The van der Waals surface area contributed by atoms with Gasteiger partial charge in [-0.1, -0.05) is 0 Å². The first-order chi connectivity index (χ1) is 6.81. The zero-order valence-electron chi connectivity index (χ0n) is 8.40. The van der Waals surface area contributed by atoms with E-state index in [9.17, 15) is 0 Å². The Kier molecular flexibility index (Phi) is 4.45. The van der Waals surface area contributed by atoms with Crippen molar-refractivity contribution in [3.63, 3.8) is 0 Å². The molecule has 2 rings (SSSR count). The van der Waals surface area contributed by atoms with Gasteiger partial charge in [0, 0.05) is 6.20 Å². The summed E-state index contributed by atoms with van der Waals surface area (Å²) in [4.78, 5) is 0. The molecule has 7 heteroatoms. The summed E-state index contributed by atoms with van der Waals surface area (Å²) in [5, 5.41) is 3.14. The molecular formula is C8H11IN4OS. The molecule has 0 bridgehead atoms. The van der Waals surface area contributed by atoms with E-state index in [1.807, 2.05) is 24.0 Å². The van der Waals surface area contributed by atoms with Gasteiger partial charge < -0.3 is 34.0 Å². The molecule has 1 aromatic heterocycles. The third-order valence-electron chi connectivity index (χ3n) is 1.88. The molecule has 0 aromatic carbocycles. The van der Waals surface area contributed by atoms with Gasteiger partial charge >= 0.3 is 0 Å². The van der Waals surface area contributed by atoms with Crippen molar-refractivity contribution in [2.45, 2.75) is 0 Å². The number of rotatable bonds is 2. The first-order valence-corrected chi connectivity index (χ1v) is 4.90. The van der Waals surface area contributed by atoms with E-state index < -0.39 is 0 Å². The minimum Gasteiger partial charge on any atom is -1.00 e. The van der Waals surface area contributed by atoms with E-state index in [2.05, 4.69) is 14.1 Å². The van der Waals surface area contributed by atoms with Crippen LogP contribution in [0.5, 0.6) is 5.88 Å². The van der Waals surface area contributed by atoms with E-state index >= 15 is 0 Å². The Hall–Kier alpha value is -0.700. The van der Waals surface area contributed by atoms with Crippen LogP contribution in [0.4, 0.5) is 0 Å². The highest BCUT2D eigenvalue weighted by molar-refractivity contribution is 6.99. The van der Waals surface area contributed by atoms with Crippen molar-refractivity contribution in [3.05, 3.63) is 11.9 Å². The van der Waals surface area contributed by atoms with Gasteiger partial charge in [-0.05, 0) is 0 Å². The number of allylic oxidation sites excluding steroid dienone is 1. The van der Waals surface area contributed by atoms with E-state index in [0.717, 1.165) is 29.7 Å². The van der Waals surface area contributed by atoms with Gasteiger partial charge in [0.2, 0.25) is 6.67 Å². The Morgan fingerprint density at radius 1 is 1.53 bits per heavy atom. The second kappa shape index (κ2) is 5.40. The molecule has 0 unspecified atom stereocenters. The fraction of sp³-hybridized carbons (Fsp3) is 0.375. The summed E-state index contributed by atoms with van der Waals surface area (Å²) in [6.45, 7) is 0.809. The number of halogens is 1. The second-order valence-electron chi connectivity index (χ2n) is 2.97. The highest BCUT2D eigenvalue weighted by atomic mass is 127. The van der Waals surface area contributed by atoms with Crippen LogP contribution in [0.3, 0.4) is 0 Å².